The molecule has 0 fully saturated rings. The lowest BCUT2D eigenvalue weighted by atomic mass is 10.1. The number of methoxy groups -OCH3 is 1. The quantitative estimate of drug-likeness (QED) is 0.615. The second-order valence-electron chi connectivity index (χ2n) is 6.51. The third kappa shape index (κ3) is 4.20. The summed E-state index contributed by atoms with van der Waals surface area (Å²) in [5, 5.41) is 17.5. The molecule has 0 aliphatic carbocycles. The number of hydrogen-bond donors (Lipinski definition) is 3. The van der Waals surface area contributed by atoms with Gasteiger partial charge in [-0.3, -0.25) is 9.89 Å². The third-order valence-corrected chi connectivity index (χ3v) is 6.42. The number of nitrogens with one attached hydrogen (secondary N) is 2. The predicted octanol–water partition coefficient (Wildman–Crippen LogP) is 1.04. The molecule has 0 spiro atoms. The number of aromatic amines is 1. The molecular weight excluding hydrogens is 445 g/mol. The van der Waals surface area contributed by atoms with Gasteiger partial charge in [0.2, 0.25) is 0 Å². The van der Waals surface area contributed by atoms with Gasteiger partial charge in [-0.15, -0.1) is 0 Å². The van der Waals surface area contributed by atoms with Crippen LogP contribution in [0.2, 0.25) is 0 Å². The highest BCUT2D eigenvalue weighted by Crippen LogP contribution is 2.37. The molecule has 1 amide bonds. The second kappa shape index (κ2) is 8.19. The molecule has 1 aromatic heterocycles. The van der Waals surface area contributed by atoms with Gasteiger partial charge >= 0.3 is 12.1 Å². The maximum Gasteiger partial charge on any atom is 0.490 e. The molecule has 14 heteroatoms. The number of hydrogen-bond acceptors (Lipinski definition) is 7. The molecule has 2 aliphatic heterocycles. The molecule has 0 unspecified atom stereocenters. The first-order valence-corrected chi connectivity index (χ1v) is 10.2. The number of benzene rings is 1. The van der Waals surface area contributed by atoms with Crippen LogP contribution in [-0.2, 0) is 34.3 Å². The summed E-state index contributed by atoms with van der Waals surface area (Å²) in [6.07, 6.45) is -4.28. The highest BCUT2D eigenvalue weighted by Gasteiger charge is 2.44. The average molecular weight is 462 g/mol. The Morgan fingerprint density at radius 1 is 1.35 bits per heavy atom. The van der Waals surface area contributed by atoms with Crippen molar-refractivity contribution in [2.45, 2.75) is 30.6 Å². The Morgan fingerprint density at radius 3 is 2.65 bits per heavy atom. The number of alkyl halides is 3. The van der Waals surface area contributed by atoms with Crippen LogP contribution in [0.5, 0.6) is 5.75 Å². The van der Waals surface area contributed by atoms with Gasteiger partial charge in [-0.05, 0) is 12.1 Å². The van der Waals surface area contributed by atoms with E-state index in [1.807, 2.05) is 0 Å². The van der Waals surface area contributed by atoms with E-state index in [4.69, 9.17) is 14.6 Å². The van der Waals surface area contributed by atoms with E-state index in [9.17, 15) is 26.4 Å². The fraction of sp³-hybridized carbons (Fsp3) is 0.353. The molecule has 0 saturated carbocycles. The van der Waals surface area contributed by atoms with Crippen LogP contribution >= 0.6 is 0 Å². The van der Waals surface area contributed by atoms with E-state index in [2.05, 4.69) is 15.5 Å². The summed E-state index contributed by atoms with van der Waals surface area (Å²) in [4.78, 5) is 21.6. The highest BCUT2D eigenvalue weighted by atomic mass is 32.2. The van der Waals surface area contributed by atoms with Crippen LogP contribution in [0.4, 0.5) is 13.2 Å². The zero-order valence-electron chi connectivity index (χ0n) is 16.0. The van der Waals surface area contributed by atoms with Gasteiger partial charge in [0.25, 0.3) is 15.9 Å². The molecule has 0 atom stereocenters. The van der Waals surface area contributed by atoms with Crippen molar-refractivity contribution in [3.8, 4) is 5.75 Å². The van der Waals surface area contributed by atoms with Crippen molar-refractivity contribution in [1.29, 1.82) is 0 Å². The number of rotatable bonds is 3. The number of fused-ring (bicyclic) bond motifs is 2. The minimum Gasteiger partial charge on any atom is -0.496 e. The fourth-order valence-corrected chi connectivity index (χ4v) is 4.71. The Balaban J connectivity index is 0.000000339. The summed E-state index contributed by atoms with van der Waals surface area (Å²) >= 11 is 0. The van der Waals surface area contributed by atoms with Gasteiger partial charge in [-0.1, -0.05) is 6.07 Å². The summed E-state index contributed by atoms with van der Waals surface area (Å²) in [6.45, 7) is 1.37. The van der Waals surface area contributed by atoms with E-state index in [1.165, 1.54) is 13.2 Å². The van der Waals surface area contributed by atoms with Crippen LogP contribution in [0.25, 0.3) is 0 Å². The molecule has 2 aliphatic rings. The molecule has 3 N–H and O–H groups in total. The Labute approximate surface area is 174 Å². The van der Waals surface area contributed by atoms with Gasteiger partial charge in [-0.2, -0.15) is 18.3 Å². The maximum absolute atomic E-state index is 12.8. The largest absolute Gasteiger partial charge is 0.496 e. The number of sulfonamides is 1. The summed E-state index contributed by atoms with van der Waals surface area (Å²) < 4.78 is 63.3. The monoisotopic (exact) mass is 462 g/mol. The van der Waals surface area contributed by atoms with E-state index < -0.39 is 28.1 Å². The van der Waals surface area contributed by atoms with E-state index in [1.54, 1.807) is 12.1 Å². The van der Waals surface area contributed by atoms with E-state index in [-0.39, 0.29) is 22.8 Å². The maximum atomic E-state index is 12.8. The number of aliphatic carboxylic acids is 1. The molecule has 10 nitrogen and oxygen atoms in total. The molecule has 4 rings (SSSR count). The van der Waals surface area contributed by atoms with Crippen LogP contribution in [0, 0.1) is 0 Å². The molecule has 31 heavy (non-hydrogen) atoms. The van der Waals surface area contributed by atoms with Crippen molar-refractivity contribution in [2.24, 2.45) is 0 Å². The summed E-state index contributed by atoms with van der Waals surface area (Å²) in [6, 6.07) is 4.56. The smallest absolute Gasteiger partial charge is 0.490 e. The lowest BCUT2D eigenvalue weighted by molar-refractivity contribution is -0.192. The first kappa shape index (κ1) is 22.6. The van der Waals surface area contributed by atoms with Gasteiger partial charge in [-0.25, -0.2) is 17.5 Å². The normalized spacial score (nSPS) is 16.8. The molecule has 2 aromatic rings. The zero-order chi connectivity index (χ0) is 23.0. The van der Waals surface area contributed by atoms with Crippen molar-refractivity contribution >= 4 is 21.9 Å². The number of amides is 1. The van der Waals surface area contributed by atoms with Crippen LogP contribution < -0.4 is 10.1 Å². The molecular formula is C17H17F3N4O6S. The molecule has 0 bridgehead atoms. The Hall–Kier alpha value is -3.13. The van der Waals surface area contributed by atoms with Gasteiger partial charge in [0.05, 0.1) is 19.3 Å². The Morgan fingerprint density at radius 2 is 2.03 bits per heavy atom. The van der Waals surface area contributed by atoms with Gasteiger partial charge in [0, 0.05) is 30.8 Å². The van der Waals surface area contributed by atoms with Crippen molar-refractivity contribution in [3.05, 3.63) is 40.7 Å². The molecule has 3 heterocycles. The predicted molar refractivity (Wildman–Crippen MR) is 97.7 cm³/mol. The lowest BCUT2D eigenvalue weighted by Crippen LogP contribution is -2.31. The molecule has 168 valence electrons. The topological polar surface area (TPSA) is 142 Å². The highest BCUT2D eigenvalue weighted by molar-refractivity contribution is 7.90. The summed E-state index contributed by atoms with van der Waals surface area (Å²) in [5.41, 5.74) is 2.58. The van der Waals surface area contributed by atoms with Crippen molar-refractivity contribution in [1.82, 2.24) is 19.8 Å². The van der Waals surface area contributed by atoms with E-state index >= 15 is 0 Å². The van der Waals surface area contributed by atoms with Crippen molar-refractivity contribution in [2.75, 3.05) is 13.7 Å². The van der Waals surface area contributed by atoms with Crippen LogP contribution in [0.15, 0.2) is 23.1 Å². The van der Waals surface area contributed by atoms with Gasteiger partial charge in [0.1, 0.15) is 16.2 Å². The molecule has 0 saturated heterocycles. The van der Waals surface area contributed by atoms with Crippen molar-refractivity contribution in [3.63, 3.8) is 0 Å². The number of aromatic nitrogens is 2. The van der Waals surface area contributed by atoms with Gasteiger partial charge in [0.15, 0.2) is 0 Å². The van der Waals surface area contributed by atoms with E-state index in [0.717, 1.165) is 28.5 Å². The first-order valence-electron chi connectivity index (χ1n) is 8.78. The minimum absolute atomic E-state index is 0.0191. The summed E-state index contributed by atoms with van der Waals surface area (Å²) in [5.74, 6) is -3.08. The first-order chi connectivity index (χ1) is 14.5. The number of halogens is 3. The SMILES string of the molecule is COc1cccc2c1C(=O)N(Cc1n[nH]c3c1CNCC3)S2(=O)=O.O=C(O)C(F)(F)F. The minimum atomic E-state index is -5.08. The zero-order valence-corrected chi connectivity index (χ0v) is 16.8. The standard InChI is InChI=1S/C15H16N4O4S.C2HF3O2/c1-23-12-3-2-4-13-14(12)15(20)19(24(13,21)22)8-11-9-7-16-6-5-10(9)17-18-11;3-2(4,5)1(6)7/h2-4,16H,5-8H2,1H3,(H,17,18);(H,6,7). The Kier molecular flexibility index (Phi) is 5.96. The van der Waals surface area contributed by atoms with Gasteiger partial charge < -0.3 is 15.2 Å². The molecule has 1 aromatic carbocycles. The number of carboxylic acids is 1. The average Bonchev–Trinajstić information content (AvgIpc) is 3.21. The van der Waals surface area contributed by atoms with Crippen LogP contribution in [-0.4, -0.2) is 59.7 Å². The van der Waals surface area contributed by atoms with Crippen LogP contribution in [0.1, 0.15) is 27.3 Å². The number of H-pyrrole nitrogens is 1. The molecule has 0 radical (unpaired) electrons. The van der Waals surface area contributed by atoms with Crippen molar-refractivity contribution < 1.29 is 41.0 Å². The third-order valence-electron chi connectivity index (χ3n) is 4.64. The fourth-order valence-electron chi connectivity index (χ4n) is 3.17. The van der Waals surface area contributed by atoms with Crippen LogP contribution in [0.3, 0.4) is 0 Å². The summed E-state index contributed by atoms with van der Waals surface area (Å²) in [7, 11) is -2.49. The number of carbonyl (C=O) groups excluding carboxylic acids is 1. The number of carboxylic acid groups (broad SMARTS) is 1. The van der Waals surface area contributed by atoms with E-state index in [0.29, 0.717) is 12.2 Å². The number of nitrogens with zero attached hydrogens (tertiary/aromatic N) is 2. The number of carbonyl (C=O) groups is 2. The Bertz CT molecular complexity index is 1130. The second-order valence-corrected chi connectivity index (χ2v) is 8.34. The lowest BCUT2D eigenvalue weighted by Gasteiger charge is -2.17. The number of ether oxygens (including phenoxy) is 1.